The Hall–Kier alpha value is -1.47. The van der Waals surface area contributed by atoms with Gasteiger partial charge in [0.05, 0.1) is 14.2 Å². The Bertz CT molecular complexity index is 520. The molecule has 2 N–H and O–H groups in total. The number of hydrogen-bond acceptors (Lipinski definition) is 7. The number of likely N-dealkylation sites (N-methyl/N-ethyl adjacent to an activating group) is 1. The summed E-state index contributed by atoms with van der Waals surface area (Å²) < 4.78 is 10.2. The quantitative estimate of drug-likeness (QED) is 0.856. The normalized spacial score (nSPS) is 23.2. The highest BCUT2D eigenvalue weighted by Crippen LogP contribution is 2.45. The first-order valence-corrected chi connectivity index (χ1v) is 7.73. The molecule has 6 nitrogen and oxygen atoms in total. The third kappa shape index (κ3) is 2.80. The van der Waals surface area contributed by atoms with Gasteiger partial charge in [-0.25, -0.2) is 4.79 Å². The summed E-state index contributed by atoms with van der Waals surface area (Å²) in [5.74, 6) is 0.154. The van der Waals surface area contributed by atoms with Gasteiger partial charge in [0.15, 0.2) is 5.75 Å². The van der Waals surface area contributed by atoms with Crippen molar-refractivity contribution < 1.29 is 14.3 Å². The topological polar surface area (TPSA) is 68.0 Å². The molecule has 0 aromatic carbocycles. The molecule has 2 atom stereocenters. The van der Waals surface area contributed by atoms with Crippen molar-refractivity contribution in [2.75, 3.05) is 45.0 Å². The number of esters is 1. The number of methoxy groups -OCH3 is 2. The standard InChI is InChI=1S/C14H23N3O3S/c1-8-6-17(7-9(2)16(8)3)13-11(19-4)10(15)12(21-13)14(18)20-5/h8-9H,6-7,15H2,1-5H3. The van der Waals surface area contributed by atoms with Gasteiger partial charge in [0.25, 0.3) is 0 Å². The molecule has 0 aliphatic carbocycles. The number of nitrogens with zero attached hydrogens (tertiary/aromatic N) is 2. The number of nitrogen functional groups attached to an aromatic ring is 1. The summed E-state index contributed by atoms with van der Waals surface area (Å²) in [6.07, 6.45) is 0. The number of ether oxygens (including phenoxy) is 2. The SMILES string of the molecule is COC(=O)c1sc(N2CC(C)N(C)C(C)C2)c(OC)c1N. The molecule has 7 heteroatoms. The maximum absolute atomic E-state index is 11.8. The van der Waals surface area contributed by atoms with Gasteiger partial charge in [-0.15, -0.1) is 11.3 Å². The summed E-state index contributed by atoms with van der Waals surface area (Å²) in [4.78, 5) is 16.8. The number of carbonyl (C=O) groups excluding carboxylic acids is 1. The van der Waals surface area contributed by atoms with E-state index in [0.29, 0.717) is 28.4 Å². The van der Waals surface area contributed by atoms with Crippen LogP contribution in [-0.4, -0.2) is 57.3 Å². The van der Waals surface area contributed by atoms with Crippen LogP contribution in [0.1, 0.15) is 23.5 Å². The fraction of sp³-hybridized carbons (Fsp3) is 0.643. The average molecular weight is 313 g/mol. The van der Waals surface area contributed by atoms with Gasteiger partial charge in [0, 0.05) is 25.2 Å². The molecule has 2 heterocycles. The van der Waals surface area contributed by atoms with E-state index in [1.165, 1.54) is 18.4 Å². The van der Waals surface area contributed by atoms with Gasteiger partial charge in [0.1, 0.15) is 15.6 Å². The van der Waals surface area contributed by atoms with Gasteiger partial charge in [0.2, 0.25) is 0 Å². The Morgan fingerprint density at radius 2 is 1.86 bits per heavy atom. The lowest BCUT2D eigenvalue weighted by molar-refractivity contribution is 0.0607. The first-order chi connectivity index (χ1) is 9.90. The Labute approximate surface area is 129 Å². The lowest BCUT2D eigenvalue weighted by atomic mass is 10.1. The minimum Gasteiger partial charge on any atom is -0.492 e. The molecular weight excluding hydrogens is 290 g/mol. The number of hydrogen-bond donors (Lipinski definition) is 1. The number of rotatable bonds is 3. The predicted molar refractivity (Wildman–Crippen MR) is 85.5 cm³/mol. The smallest absolute Gasteiger partial charge is 0.350 e. The summed E-state index contributed by atoms with van der Waals surface area (Å²) in [5, 5.41) is 0.905. The number of thiophene rings is 1. The summed E-state index contributed by atoms with van der Waals surface area (Å²) in [5.41, 5.74) is 6.41. The molecule has 1 aliphatic rings. The van der Waals surface area contributed by atoms with E-state index < -0.39 is 5.97 Å². The Kier molecular flexibility index (Phi) is 4.63. The summed E-state index contributed by atoms with van der Waals surface area (Å²) in [6, 6.07) is 0.840. The van der Waals surface area contributed by atoms with Gasteiger partial charge < -0.3 is 20.1 Å². The van der Waals surface area contributed by atoms with Crippen LogP contribution in [0, 0.1) is 0 Å². The molecule has 2 rings (SSSR count). The fourth-order valence-corrected chi connectivity index (χ4v) is 3.76. The largest absolute Gasteiger partial charge is 0.492 e. The second-order valence-corrected chi connectivity index (χ2v) is 6.44. The summed E-state index contributed by atoms with van der Waals surface area (Å²) in [6.45, 7) is 6.12. The van der Waals surface area contributed by atoms with Gasteiger partial charge >= 0.3 is 5.97 Å². The molecule has 1 aromatic heterocycles. The van der Waals surface area contributed by atoms with Crippen LogP contribution in [0.3, 0.4) is 0 Å². The number of nitrogens with two attached hydrogens (primary N) is 1. The van der Waals surface area contributed by atoms with Crippen molar-refractivity contribution in [1.82, 2.24) is 4.90 Å². The number of piperazine rings is 1. The third-order valence-electron chi connectivity index (χ3n) is 4.10. The molecule has 1 aromatic rings. The number of anilines is 2. The molecule has 1 aliphatic heterocycles. The molecule has 0 bridgehead atoms. The molecule has 0 radical (unpaired) electrons. The molecular formula is C14H23N3O3S. The van der Waals surface area contributed by atoms with E-state index in [9.17, 15) is 4.79 Å². The average Bonchev–Trinajstić information content (AvgIpc) is 2.80. The maximum atomic E-state index is 11.8. The molecule has 118 valence electrons. The minimum atomic E-state index is -0.419. The van der Waals surface area contributed by atoms with Gasteiger partial charge in [-0.05, 0) is 20.9 Å². The Morgan fingerprint density at radius 3 is 2.33 bits per heavy atom. The second-order valence-electron chi connectivity index (χ2n) is 5.44. The van der Waals surface area contributed by atoms with E-state index in [4.69, 9.17) is 15.2 Å². The van der Waals surface area contributed by atoms with E-state index in [2.05, 4.69) is 30.7 Å². The van der Waals surface area contributed by atoms with E-state index in [1.54, 1.807) is 7.11 Å². The highest BCUT2D eigenvalue weighted by atomic mass is 32.1. The molecule has 1 saturated heterocycles. The van der Waals surface area contributed by atoms with Crippen molar-refractivity contribution in [3.05, 3.63) is 4.88 Å². The first kappa shape index (κ1) is 15.9. The van der Waals surface area contributed by atoms with Crippen molar-refractivity contribution in [3.63, 3.8) is 0 Å². The molecule has 2 unspecified atom stereocenters. The zero-order valence-corrected chi connectivity index (χ0v) is 14.0. The second kappa shape index (κ2) is 6.11. The summed E-state index contributed by atoms with van der Waals surface area (Å²) in [7, 11) is 5.06. The molecule has 0 spiro atoms. The zero-order valence-electron chi connectivity index (χ0n) is 13.2. The van der Waals surface area contributed by atoms with Crippen LogP contribution in [0.15, 0.2) is 0 Å². The molecule has 0 amide bonds. The van der Waals surface area contributed by atoms with Gasteiger partial charge in [-0.2, -0.15) is 0 Å². The van der Waals surface area contributed by atoms with E-state index >= 15 is 0 Å². The van der Waals surface area contributed by atoms with E-state index in [0.717, 1.165) is 18.1 Å². The predicted octanol–water partition coefficient (Wildman–Crippen LogP) is 1.65. The number of carbonyl (C=O) groups is 1. The first-order valence-electron chi connectivity index (χ1n) is 6.92. The zero-order chi connectivity index (χ0) is 15.7. The van der Waals surface area contributed by atoms with Gasteiger partial charge in [-0.3, -0.25) is 4.90 Å². The van der Waals surface area contributed by atoms with Crippen LogP contribution < -0.4 is 15.4 Å². The lowest BCUT2D eigenvalue weighted by Gasteiger charge is -2.43. The van der Waals surface area contributed by atoms with Crippen LogP contribution >= 0.6 is 11.3 Å². The monoisotopic (exact) mass is 313 g/mol. The Balaban J connectivity index is 2.37. The van der Waals surface area contributed by atoms with Crippen molar-refractivity contribution in [2.24, 2.45) is 0 Å². The highest BCUT2D eigenvalue weighted by molar-refractivity contribution is 7.19. The van der Waals surface area contributed by atoms with E-state index in [-0.39, 0.29) is 0 Å². The van der Waals surface area contributed by atoms with E-state index in [1.807, 2.05) is 0 Å². The molecule has 21 heavy (non-hydrogen) atoms. The molecule has 0 saturated carbocycles. The minimum absolute atomic E-state index is 0.364. The van der Waals surface area contributed by atoms with Crippen LogP contribution in [0.4, 0.5) is 10.7 Å². The van der Waals surface area contributed by atoms with Crippen molar-refractivity contribution in [3.8, 4) is 5.75 Å². The van der Waals surface area contributed by atoms with Crippen LogP contribution in [-0.2, 0) is 4.74 Å². The van der Waals surface area contributed by atoms with Crippen molar-refractivity contribution in [2.45, 2.75) is 25.9 Å². The van der Waals surface area contributed by atoms with Gasteiger partial charge in [-0.1, -0.05) is 0 Å². The fourth-order valence-electron chi connectivity index (χ4n) is 2.64. The maximum Gasteiger partial charge on any atom is 0.350 e. The van der Waals surface area contributed by atoms with Crippen LogP contribution in [0.2, 0.25) is 0 Å². The van der Waals surface area contributed by atoms with Crippen LogP contribution in [0.5, 0.6) is 5.75 Å². The lowest BCUT2D eigenvalue weighted by Crippen LogP contribution is -2.54. The Morgan fingerprint density at radius 1 is 1.29 bits per heavy atom. The van der Waals surface area contributed by atoms with Crippen LogP contribution in [0.25, 0.3) is 0 Å². The third-order valence-corrected chi connectivity index (χ3v) is 5.33. The van der Waals surface area contributed by atoms with Crippen molar-refractivity contribution in [1.29, 1.82) is 0 Å². The summed E-state index contributed by atoms with van der Waals surface area (Å²) >= 11 is 1.34. The molecule has 1 fully saturated rings. The van der Waals surface area contributed by atoms with Crippen molar-refractivity contribution >= 4 is 28.0 Å². The highest BCUT2D eigenvalue weighted by Gasteiger charge is 2.32.